The minimum absolute atomic E-state index is 0. The van der Waals surface area contributed by atoms with Crippen LogP contribution in [0.2, 0.25) is 0 Å². The first-order valence-corrected chi connectivity index (χ1v) is 10.3. The average molecular weight is 526 g/mol. The Morgan fingerprint density at radius 2 is 2.00 bits per heavy atom. The van der Waals surface area contributed by atoms with Gasteiger partial charge in [0.1, 0.15) is 5.76 Å². The van der Waals surface area contributed by atoms with E-state index < -0.39 is 0 Å². The number of nitrogens with zero attached hydrogens (tertiary/aromatic N) is 3. The molecule has 2 aromatic rings. The third-order valence-electron chi connectivity index (χ3n) is 4.85. The van der Waals surface area contributed by atoms with Crippen LogP contribution in [0.25, 0.3) is 0 Å². The van der Waals surface area contributed by atoms with E-state index in [0.29, 0.717) is 25.2 Å². The molecule has 1 atom stereocenters. The Labute approximate surface area is 194 Å². The fourth-order valence-corrected chi connectivity index (χ4v) is 3.40. The third kappa shape index (κ3) is 7.28. The number of halogens is 1. The monoisotopic (exact) mass is 526 g/mol. The number of hydrogen-bond donors (Lipinski definition) is 3. The quantitative estimate of drug-likeness (QED) is 0.201. The van der Waals surface area contributed by atoms with Gasteiger partial charge in [-0.1, -0.05) is 0 Å². The van der Waals surface area contributed by atoms with Gasteiger partial charge >= 0.3 is 0 Å². The summed E-state index contributed by atoms with van der Waals surface area (Å²) in [6, 6.07) is 7.59. The normalized spacial score (nSPS) is 15.3. The first kappa shape index (κ1) is 24.1. The van der Waals surface area contributed by atoms with Crippen LogP contribution in [-0.2, 0) is 0 Å². The van der Waals surface area contributed by atoms with Gasteiger partial charge in [0.15, 0.2) is 5.96 Å². The fraction of sp³-hybridized carbons (Fsp3) is 0.476. The highest BCUT2D eigenvalue weighted by Gasteiger charge is 2.25. The van der Waals surface area contributed by atoms with Gasteiger partial charge in [-0.15, -0.1) is 24.0 Å². The molecular formula is C21H31IN6O2. The maximum absolute atomic E-state index is 12.1. The molecule has 8 nitrogen and oxygen atoms in total. The summed E-state index contributed by atoms with van der Waals surface area (Å²) in [5.41, 5.74) is 0.556. The molecule has 164 valence electrons. The predicted octanol–water partition coefficient (Wildman–Crippen LogP) is 2.41. The number of aliphatic imine (C=N–C) groups is 1. The maximum Gasteiger partial charge on any atom is 0.252 e. The molecular weight excluding hydrogens is 495 g/mol. The molecule has 2 aromatic heterocycles. The van der Waals surface area contributed by atoms with Crippen LogP contribution in [0.3, 0.4) is 0 Å². The van der Waals surface area contributed by atoms with Crippen LogP contribution >= 0.6 is 24.0 Å². The fourth-order valence-electron chi connectivity index (χ4n) is 3.40. The van der Waals surface area contributed by atoms with Crippen molar-refractivity contribution in [3.05, 3.63) is 54.2 Å². The van der Waals surface area contributed by atoms with Gasteiger partial charge in [0, 0.05) is 32.0 Å². The Bertz CT molecular complexity index is 763. The summed E-state index contributed by atoms with van der Waals surface area (Å²) in [6.07, 6.45) is 7.36. The van der Waals surface area contributed by atoms with Crippen molar-refractivity contribution in [1.29, 1.82) is 0 Å². The molecule has 0 radical (unpaired) electrons. The van der Waals surface area contributed by atoms with Crippen LogP contribution in [0.1, 0.15) is 41.9 Å². The lowest BCUT2D eigenvalue weighted by Gasteiger charge is -2.24. The largest absolute Gasteiger partial charge is 0.468 e. The highest BCUT2D eigenvalue weighted by Crippen LogP contribution is 2.25. The lowest BCUT2D eigenvalue weighted by atomic mass is 10.2. The van der Waals surface area contributed by atoms with E-state index >= 15 is 0 Å². The maximum atomic E-state index is 12.1. The Hall–Kier alpha value is -2.14. The first-order chi connectivity index (χ1) is 14.3. The molecule has 0 saturated carbocycles. The van der Waals surface area contributed by atoms with E-state index in [1.54, 1.807) is 30.8 Å². The smallest absolute Gasteiger partial charge is 0.252 e. The van der Waals surface area contributed by atoms with E-state index in [0.717, 1.165) is 31.4 Å². The van der Waals surface area contributed by atoms with Crippen molar-refractivity contribution >= 4 is 35.8 Å². The summed E-state index contributed by atoms with van der Waals surface area (Å²) in [5.74, 6) is 1.56. The lowest BCUT2D eigenvalue weighted by molar-refractivity contribution is 0.0954. The number of likely N-dealkylation sites (tertiary alicyclic amines) is 1. The molecule has 30 heavy (non-hydrogen) atoms. The molecule has 1 unspecified atom stereocenters. The highest BCUT2D eigenvalue weighted by molar-refractivity contribution is 14.0. The minimum atomic E-state index is -0.131. The first-order valence-electron chi connectivity index (χ1n) is 10.3. The van der Waals surface area contributed by atoms with Gasteiger partial charge in [-0.05, 0) is 57.1 Å². The minimum Gasteiger partial charge on any atom is -0.468 e. The van der Waals surface area contributed by atoms with Crippen molar-refractivity contribution in [2.45, 2.75) is 25.8 Å². The number of pyridine rings is 1. The van der Waals surface area contributed by atoms with Gasteiger partial charge in [-0.3, -0.25) is 19.7 Å². The van der Waals surface area contributed by atoms with Crippen molar-refractivity contribution in [3.8, 4) is 0 Å². The van der Waals surface area contributed by atoms with E-state index in [-0.39, 0.29) is 35.9 Å². The molecule has 3 heterocycles. The van der Waals surface area contributed by atoms with E-state index in [9.17, 15) is 4.79 Å². The van der Waals surface area contributed by atoms with E-state index in [4.69, 9.17) is 9.41 Å². The second-order valence-electron chi connectivity index (χ2n) is 6.92. The Kier molecular flexibility index (Phi) is 10.6. The number of rotatable bonds is 9. The van der Waals surface area contributed by atoms with Crippen molar-refractivity contribution in [2.75, 3.05) is 39.3 Å². The Morgan fingerprint density at radius 3 is 2.67 bits per heavy atom. The standard InChI is InChI=1S/C21H30N6O2.HI/c1-2-23-21(25-11-10-24-20(28)17-7-5-9-22-15-17)26-16-18(19-8-6-14-29-19)27-12-3-4-13-27;/h5-9,14-15,18H,2-4,10-13,16H2,1H3,(H,24,28)(H2,23,25,26);1H. The number of guanidine groups is 1. The molecule has 3 N–H and O–H groups in total. The molecule has 0 spiro atoms. The van der Waals surface area contributed by atoms with Crippen LogP contribution in [0.4, 0.5) is 0 Å². The average Bonchev–Trinajstić information content (AvgIpc) is 3.46. The van der Waals surface area contributed by atoms with E-state index in [2.05, 4.69) is 25.8 Å². The number of carbonyl (C=O) groups excluding carboxylic acids is 1. The summed E-state index contributed by atoms with van der Waals surface area (Å²) in [6.45, 7) is 6.63. The van der Waals surface area contributed by atoms with E-state index in [1.807, 2.05) is 19.1 Å². The molecule has 1 aliphatic heterocycles. The van der Waals surface area contributed by atoms with Gasteiger partial charge in [-0.25, -0.2) is 0 Å². The van der Waals surface area contributed by atoms with Gasteiger partial charge < -0.3 is 20.4 Å². The van der Waals surface area contributed by atoms with Crippen LogP contribution in [-0.4, -0.2) is 61.0 Å². The van der Waals surface area contributed by atoms with Gasteiger partial charge in [0.05, 0.1) is 24.4 Å². The number of furan rings is 1. The van der Waals surface area contributed by atoms with Crippen LogP contribution in [0.15, 0.2) is 52.3 Å². The third-order valence-corrected chi connectivity index (χ3v) is 4.85. The molecule has 1 saturated heterocycles. The summed E-state index contributed by atoms with van der Waals surface area (Å²) in [7, 11) is 0. The van der Waals surface area contributed by atoms with Crippen LogP contribution in [0.5, 0.6) is 0 Å². The van der Waals surface area contributed by atoms with Crippen molar-refractivity contribution in [3.63, 3.8) is 0 Å². The van der Waals surface area contributed by atoms with Gasteiger partial charge in [0.2, 0.25) is 0 Å². The summed E-state index contributed by atoms with van der Waals surface area (Å²) >= 11 is 0. The number of carbonyl (C=O) groups is 1. The second kappa shape index (κ2) is 13.2. The van der Waals surface area contributed by atoms with Crippen molar-refractivity contribution in [2.24, 2.45) is 4.99 Å². The molecule has 1 aliphatic rings. The zero-order valence-electron chi connectivity index (χ0n) is 17.3. The summed E-state index contributed by atoms with van der Waals surface area (Å²) < 4.78 is 5.66. The highest BCUT2D eigenvalue weighted by atomic mass is 127. The molecule has 0 aromatic carbocycles. The topological polar surface area (TPSA) is 94.8 Å². The van der Waals surface area contributed by atoms with Gasteiger partial charge in [0.25, 0.3) is 5.91 Å². The van der Waals surface area contributed by atoms with Crippen LogP contribution < -0.4 is 16.0 Å². The Morgan fingerprint density at radius 1 is 1.20 bits per heavy atom. The SMILES string of the molecule is CCNC(=NCC(c1ccco1)N1CCCC1)NCCNC(=O)c1cccnc1.I. The van der Waals surface area contributed by atoms with Crippen LogP contribution in [0, 0.1) is 0 Å². The zero-order valence-corrected chi connectivity index (χ0v) is 19.7. The molecule has 9 heteroatoms. The number of nitrogens with one attached hydrogen (secondary N) is 3. The summed E-state index contributed by atoms with van der Waals surface area (Å²) in [4.78, 5) is 23.2. The second-order valence-corrected chi connectivity index (χ2v) is 6.92. The molecule has 1 amide bonds. The predicted molar refractivity (Wildman–Crippen MR) is 128 cm³/mol. The van der Waals surface area contributed by atoms with Crippen molar-refractivity contribution in [1.82, 2.24) is 25.8 Å². The Balaban J connectivity index is 0.00000320. The number of amides is 1. The molecule has 0 bridgehead atoms. The molecule has 1 fully saturated rings. The molecule has 0 aliphatic carbocycles. The number of hydrogen-bond acceptors (Lipinski definition) is 5. The summed E-state index contributed by atoms with van der Waals surface area (Å²) in [5, 5.41) is 9.42. The number of aromatic nitrogens is 1. The van der Waals surface area contributed by atoms with E-state index in [1.165, 1.54) is 12.8 Å². The molecule has 3 rings (SSSR count). The van der Waals surface area contributed by atoms with Crippen molar-refractivity contribution < 1.29 is 9.21 Å². The zero-order chi connectivity index (χ0) is 20.3. The lowest BCUT2D eigenvalue weighted by Crippen LogP contribution is -2.42. The van der Waals surface area contributed by atoms with Gasteiger partial charge in [-0.2, -0.15) is 0 Å².